The molecule has 0 saturated carbocycles. The monoisotopic (exact) mass is 358 g/mol. The Morgan fingerprint density at radius 3 is 2.65 bits per heavy atom. The molecule has 0 aliphatic carbocycles. The summed E-state index contributed by atoms with van der Waals surface area (Å²) in [7, 11) is -3.44. The van der Waals surface area contributed by atoms with Gasteiger partial charge in [0.1, 0.15) is 6.04 Å². The standard InChI is InChI=1S/C15H19ClN2O4S/c1-11-15(20)17-8-9-18(11)14(19)3-2-10-23(21,22)13-6-4-12(16)5-7-13/h4-7,11H,2-3,8-10H2,1H3,(H,17,20). The number of nitrogens with one attached hydrogen (secondary N) is 1. The second-order valence-electron chi connectivity index (χ2n) is 5.43. The Hall–Kier alpha value is -1.60. The van der Waals surface area contributed by atoms with Gasteiger partial charge in [-0.25, -0.2) is 8.42 Å². The number of carbonyl (C=O) groups excluding carboxylic acids is 2. The third-order valence-electron chi connectivity index (χ3n) is 3.80. The van der Waals surface area contributed by atoms with Gasteiger partial charge in [0, 0.05) is 24.5 Å². The maximum absolute atomic E-state index is 12.2. The largest absolute Gasteiger partial charge is 0.353 e. The highest BCUT2D eigenvalue weighted by Crippen LogP contribution is 2.17. The van der Waals surface area contributed by atoms with Crippen molar-refractivity contribution in [1.29, 1.82) is 0 Å². The van der Waals surface area contributed by atoms with E-state index in [4.69, 9.17) is 11.6 Å². The molecule has 0 aromatic heterocycles. The van der Waals surface area contributed by atoms with Crippen LogP contribution >= 0.6 is 11.6 Å². The van der Waals surface area contributed by atoms with Crippen LogP contribution in [-0.4, -0.2) is 50.0 Å². The Bertz CT molecular complexity index is 688. The van der Waals surface area contributed by atoms with Crippen LogP contribution in [0.4, 0.5) is 0 Å². The van der Waals surface area contributed by atoms with Crippen LogP contribution in [0.3, 0.4) is 0 Å². The van der Waals surface area contributed by atoms with Crippen molar-refractivity contribution in [2.24, 2.45) is 0 Å². The first-order valence-corrected chi connectivity index (χ1v) is 9.40. The van der Waals surface area contributed by atoms with E-state index in [1.165, 1.54) is 29.2 Å². The number of nitrogens with zero attached hydrogens (tertiary/aromatic N) is 1. The predicted octanol–water partition coefficient (Wildman–Crippen LogP) is 1.24. The van der Waals surface area contributed by atoms with Crippen LogP contribution in [0, 0.1) is 0 Å². The van der Waals surface area contributed by atoms with Crippen molar-refractivity contribution in [1.82, 2.24) is 10.2 Å². The summed E-state index contributed by atoms with van der Waals surface area (Å²) < 4.78 is 24.4. The topological polar surface area (TPSA) is 83.6 Å². The summed E-state index contributed by atoms with van der Waals surface area (Å²) in [6.07, 6.45) is 0.319. The highest BCUT2D eigenvalue weighted by atomic mass is 35.5. The van der Waals surface area contributed by atoms with E-state index in [1.807, 2.05) is 0 Å². The molecule has 1 fully saturated rings. The van der Waals surface area contributed by atoms with Crippen LogP contribution in [0.15, 0.2) is 29.2 Å². The smallest absolute Gasteiger partial charge is 0.242 e. The summed E-state index contributed by atoms with van der Waals surface area (Å²) in [5.41, 5.74) is 0. The summed E-state index contributed by atoms with van der Waals surface area (Å²) in [6, 6.07) is 5.44. The Kier molecular flexibility index (Phi) is 5.64. The average molecular weight is 359 g/mol. The third-order valence-corrected chi connectivity index (χ3v) is 5.86. The number of halogens is 1. The molecule has 1 saturated heterocycles. The lowest BCUT2D eigenvalue weighted by Crippen LogP contribution is -2.55. The van der Waals surface area contributed by atoms with Crippen LogP contribution in [-0.2, 0) is 19.4 Å². The summed E-state index contributed by atoms with van der Waals surface area (Å²) in [5.74, 6) is -0.494. The van der Waals surface area contributed by atoms with E-state index in [0.29, 0.717) is 18.1 Å². The molecule has 1 N–H and O–H groups in total. The molecule has 2 rings (SSSR count). The first-order chi connectivity index (χ1) is 10.8. The predicted molar refractivity (Wildman–Crippen MR) is 86.9 cm³/mol. The SMILES string of the molecule is CC1C(=O)NCCN1C(=O)CCCS(=O)(=O)c1ccc(Cl)cc1. The Balaban J connectivity index is 1.90. The van der Waals surface area contributed by atoms with Gasteiger partial charge in [0.2, 0.25) is 11.8 Å². The minimum absolute atomic E-state index is 0.102. The van der Waals surface area contributed by atoms with Gasteiger partial charge in [-0.05, 0) is 37.6 Å². The van der Waals surface area contributed by atoms with Crippen LogP contribution in [0.25, 0.3) is 0 Å². The van der Waals surface area contributed by atoms with Gasteiger partial charge < -0.3 is 10.2 Å². The highest BCUT2D eigenvalue weighted by molar-refractivity contribution is 7.91. The second-order valence-corrected chi connectivity index (χ2v) is 7.98. The number of amides is 2. The molecule has 1 aromatic carbocycles. The zero-order valence-electron chi connectivity index (χ0n) is 12.8. The van der Waals surface area contributed by atoms with Gasteiger partial charge in [-0.2, -0.15) is 0 Å². The Labute approximate surface area is 140 Å². The van der Waals surface area contributed by atoms with E-state index in [0.717, 1.165) is 0 Å². The van der Waals surface area contributed by atoms with Gasteiger partial charge in [0.15, 0.2) is 9.84 Å². The van der Waals surface area contributed by atoms with Crippen molar-refractivity contribution in [2.75, 3.05) is 18.8 Å². The maximum Gasteiger partial charge on any atom is 0.242 e. The maximum atomic E-state index is 12.2. The van der Waals surface area contributed by atoms with Crippen molar-refractivity contribution in [3.63, 3.8) is 0 Å². The van der Waals surface area contributed by atoms with Crippen molar-refractivity contribution in [3.05, 3.63) is 29.3 Å². The molecule has 23 heavy (non-hydrogen) atoms. The molecule has 1 aliphatic rings. The number of piperazine rings is 1. The number of hydrogen-bond acceptors (Lipinski definition) is 4. The highest BCUT2D eigenvalue weighted by Gasteiger charge is 2.29. The van der Waals surface area contributed by atoms with Gasteiger partial charge >= 0.3 is 0 Å². The van der Waals surface area contributed by atoms with Gasteiger partial charge in [-0.15, -0.1) is 0 Å². The van der Waals surface area contributed by atoms with Crippen LogP contribution in [0.1, 0.15) is 19.8 Å². The lowest BCUT2D eigenvalue weighted by molar-refractivity contribution is -0.142. The average Bonchev–Trinajstić information content (AvgIpc) is 2.50. The molecule has 2 amide bonds. The van der Waals surface area contributed by atoms with Gasteiger partial charge in [-0.1, -0.05) is 11.6 Å². The Morgan fingerprint density at radius 2 is 2.00 bits per heavy atom. The minimum atomic E-state index is -3.44. The second kappa shape index (κ2) is 7.31. The molecule has 8 heteroatoms. The van der Waals surface area contributed by atoms with Crippen molar-refractivity contribution < 1.29 is 18.0 Å². The zero-order chi connectivity index (χ0) is 17.0. The molecule has 1 aromatic rings. The Morgan fingerprint density at radius 1 is 1.35 bits per heavy atom. The zero-order valence-corrected chi connectivity index (χ0v) is 14.4. The van der Waals surface area contributed by atoms with Crippen molar-refractivity contribution >= 4 is 33.3 Å². The van der Waals surface area contributed by atoms with Crippen molar-refractivity contribution in [3.8, 4) is 0 Å². The van der Waals surface area contributed by atoms with Gasteiger partial charge in [0.05, 0.1) is 10.6 Å². The van der Waals surface area contributed by atoms with Crippen LogP contribution in [0.5, 0.6) is 0 Å². The van der Waals surface area contributed by atoms with E-state index in [9.17, 15) is 18.0 Å². The van der Waals surface area contributed by atoms with E-state index < -0.39 is 15.9 Å². The molecule has 0 radical (unpaired) electrons. The number of sulfone groups is 1. The summed E-state index contributed by atoms with van der Waals surface area (Å²) >= 11 is 5.74. The third kappa shape index (κ3) is 4.45. The molecule has 1 aliphatic heterocycles. The fraction of sp³-hybridized carbons (Fsp3) is 0.467. The fourth-order valence-corrected chi connectivity index (χ4v) is 3.88. The molecular formula is C15H19ClN2O4S. The molecule has 126 valence electrons. The molecule has 1 unspecified atom stereocenters. The molecular weight excluding hydrogens is 340 g/mol. The van der Waals surface area contributed by atoms with Gasteiger partial charge in [0.25, 0.3) is 0 Å². The minimum Gasteiger partial charge on any atom is -0.353 e. The first-order valence-electron chi connectivity index (χ1n) is 7.37. The molecule has 1 atom stereocenters. The van der Waals surface area contributed by atoms with E-state index in [1.54, 1.807) is 6.92 Å². The first kappa shape index (κ1) is 17.7. The lowest BCUT2D eigenvalue weighted by atomic mass is 10.2. The van der Waals surface area contributed by atoms with Crippen molar-refractivity contribution in [2.45, 2.75) is 30.7 Å². The molecule has 1 heterocycles. The number of rotatable bonds is 5. The lowest BCUT2D eigenvalue weighted by Gasteiger charge is -2.32. The van der Waals surface area contributed by atoms with E-state index >= 15 is 0 Å². The summed E-state index contributed by atoms with van der Waals surface area (Å²) in [6.45, 7) is 2.55. The molecule has 0 spiro atoms. The molecule has 0 bridgehead atoms. The summed E-state index contributed by atoms with van der Waals surface area (Å²) in [5, 5.41) is 3.15. The quantitative estimate of drug-likeness (QED) is 0.858. The number of benzene rings is 1. The van der Waals surface area contributed by atoms with Crippen LogP contribution in [0.2, 0.25) is 5.02 Å². The number of hydrogen-bond donors (Lipinski definition) is 1. The normalized spacial score (nSPS) is 18.6. The van der Waals surface area contributed by atoms with E-state index in [2.05, 4.69) is 5.32 Å². The summed E-state index contributed by atoms with van der Waals surface area (Å²) in [4.78, 5) is 25.4. The molecule has 6 nitrogen and oxygen atoms in total. The van der Waals surface area contributed by atoms with Gasteiger partial charge in [-0.3, -0.25) is 9.59 Å². The van der Waals surface area contributed by atoms with E-state index in [-0.39, 0.29) is 35.3 Å². The van der Waals surface area contributed by atoms with Crippen LogP contribution < -0.4 is 5.32 Å². The number of carbonyl (C=O) groups is 2. The fourth-order valence-electron chi connectivity index (χ4n) is 2.44.